The SMILES string of the molecule is CCCC(=O)CCc1ccc(OC(C)C)cc1. The van der Waals surface area contributed by atoms with Gasteiger partial charge in [0.1, 0.15) is 11.5 Å². The molecule has 0 saturated heterocycles. The summed E-state index contributed by atoms with van der Waals surface area (Å²) in [5.74, 6) is 1.25. The normalized spacial score (nSPS) is 10.6. The molecule has 0 spiro atoms. The Hall–Kier alpha value is -1.31. The molecule has 0 bridgehead atoms. The van der Waals surface area contributed by atoms with Crippen LogP contribution in [0.4, 0.5) is 0 Å². The van der Waals surface area contributed by atoms with E-state index in [-0.39, 0.29) is 6.10 Å². The van der Waals surface area contributed by atoms with Gasteiger partial charge < -0.3 is 4.74 Å². The summed E-state index contributed by atoms with van der Waals surface area (Å²) < 4.78 is 5.57. The highest BCUT2D eigenvalue weighted by molar-refractivity contribution is 5.78. The lowest BCUT2D eigenvalue weighted by atomic mass is 10.1. The molecule has 0 aliphatic heterocycles. The summed E-state index contributed by atoms with van der Waals surface area (Å²) >= 11 is 0. The molecule has 1 aromatic rings. The lowest BCUT2D eigenvalue weighted by Crippen LogP contribution is -2.05. The molecular weight excluding hydrogens is 212 g/mol. The fourth-order valence-electron chi connectivity index (χ4n) is 1.69. The minimum Gasteiger partial charge on any atom is -0.491 e. The molecule has 0 atom stereocenters. The molecular formula is C15H22O2. The first-order valence-electron chi connectivity index (χ1n) is 6.39. The van der Waals surface area contributed by atoms with Crippen molar-refractivity contribution in [1.82, 2.24) is 0 Å². The summed E-state index contributed by atoms with van der Waals surface area (Å²) in [4.78, 5) is 11.4. The Balaban J connectivity index is 2.42. The van der Waals surface area contributed by atoms with Crippen molar-refractivity contribution in [3.63, 3.8) is 0 Å². The molecule has 0 unspecified atom stereocenters. The van der Waals surface area contributed by atoms with Crippen LogP contribution in [0.25, 0.3) is 0 Å². The second-order valence-electron chi connectivity index (χ2n) is 4.60. The van der Waals surface area contributed by atoms with Gasteiger partial charge >= 0.3 is 0 Å². The molecule has 17 heavy (non-hydrogen) atoms. The van der Waals surface area contributed by atoms with E-state index >= 15 is 0 Å². The smallest absolute Gasteiger partial charge is 0.133 e. The molecule has 0 radical (unpaired) electrons. The van der Waals surface area contributed by atoms with E-state index in [0.29, 0.717) is 18.6 Å². The van der Waals surface area contributed by atoms with Crippen LogP contribution in [-0.2, 0) is 11.2 Å². The molecule has 1 rings (SSSR count). The van der Waals surface area contributed by atoms with Gasteiger partial charge in [-0.25, -0.2) is 0 Å². The van der Waals surface area contributed by atoms with Crippen molar-refractivity contribution in [1.29, 1.82) is 0 Å². The Morgan fingerprint density at radius 2 is 1.82 bits per heavy atom. The lowest BCUT2D eigenvalue weighted by Gasteiger charge is -2.09. The van der Waals surface area contributed by atoms with Crippen LogP contribution in [0.3, 0.4) is 0 Å². The minimum atomic E-state index is 0.201. The van der Waals surface area contributed by atoms with Gasteiger partial charge in [-0.3, -0.25) is 4.79 Å². The van der Waals surface area contributed by atoms with Crippen molar-refractivity contribution < 1.29 is 9.53 Å². The summed E-state index contributed by atoms with van der Waals surface area (Å²) in [6, 6.07) is 8.02. The number of hydrogen-bond donors (Lipinski definition) is 0. The van der Waals surface area contributed by atoms with E-state index < -0.39 is 0 Å². The Morgan fingerprint density at radius 3 is 2.35 bits per heavy atom. The Labute approximate surface area is 104 Å². The molecule has 94 valence electrons. The molecule has 0 N–H and O–H groups in total. The van der Waals surface area contributed by atoms with Crippen LogP contribution in [0.2, 0.25) is 0 Å². The average molecular weight is 234 g/mol. The Kier molecular flexibility index (Phi) is 5.75. The highest BCUT2D eigenvalue weighted by Gasteiger charge is 2.02. The summed E-state index contributed by atoms with van der Waals surface area (Å²) in [5, 5.41) is 0. The first kappa shape index (κ1) is 13.8. The molecule has 2 heteroatoms. The van der Waals surface area contributed by atoms with Crippen LogP contribution in [0.5, 0.6) is 5.75 Å². The number of rotatable bonds is 7. The van der Waals surface area contributed by atoms with E-state index in [9.17, 15) is 4.79 Å². The molecule has 0 aromatic heterocycles. The van der Waals surface area contributed by atoms with Crippen LogP contribution < -0.4 is 4.74 Å². The van der Waals surface area contributed by atoms with Gasteiger partial charge in [0.25, 0.3) is 0 Å². The van der Waals surface area contributed by atoms with Gasteiger partial charge in [-0.05, 0) is 44.4 Å². The van der Waals surface area contributed by atoms with E-state index in [1.807, 2.05) is 45.0 Å². The van der Waals surface area contributed by atoms with Gasteiger partial charge in [-0.2, -0.15) is 0 Å². The van der Waals surface area contributed by atoms with Gasteiger partial charge in [0.15, 0.2) is 0 Å². The number of ketones is 1. The molecule has 0 aliphatic rings. The fourth-order valence-corrected chi connectivity index (χ4v) is 1.69. The maximum Gasteiger partial charge on any atom is 0.133 e. The van der Waals surface area contributed by atoms with Crippen molar-refractivity contribution in [3.05, 3.63) is 29.8 Å². The van der Waals surface area contributed by atoms with Crippen LogP contribution in [-0.4, -0.2) is 11.9 Å². The van der Waals surface area contributed by atoms with E-state index in [2.05, 4.69) is 0 Å². The first-order valence-corrected chi connectivity index (χ1v) is 6.39. The molecule has 0 saturated carbocycles. The quantitative estimate of drug-likeness (QED) is 0.717. The van der Waals surface area contributed by atoms with E-state index in [4.69, 9.17) is 4.74 Å². The van der Waals surface area contributed by atoms with Crippen LogP contribution in [0.1, 0.15) is 45.6 Å². The summed E-state index contributed by atoms with van der Waals surface area (Å²) in [5.41, 5.74) is 1.20. The predicted octanol–water partition coefficient (Wildman–Crippen LogP) is 3.78. The number of carbonyl (C=O) groups is 1. The van der Waals surface area contributed by atoms with Crippen LogP contribution in [0, 0.1) is 0 Å². The van der Waals surface area contributed by atoms with Gasteiger partial charge in [-0.1, -0.05) is 19.1 Å². The summed E-state index contributed by atoms with van der Waals surface area (Å²) in [7, 11) is 0. The summed E-state index contributed by atoms with van der Waals surface area (Å²) in [6.45, 7) is 6.06. The van der Waals surface area contributed by atoms with Crippen LogP contribution >= 0.6 is 0 Å². The molecule has 0 fully saturated rings. The molecule has 0 amide bonds. The first-order chi connectivity index (χ1) is 8.11. The second kappa shape index (κ2) is 7.10. The van der Waals surface area contributed by atoms with Crippen LogP contribution in [0.15, 0.2) is 24.3 Å². The fraction of sp³-hybridized carbons (Fsp3) is 0.533. The van der Waals surface area contributed by atoms with E-state index in [1.54, 1.807) is 0 Å². The maximum atomic E-state index is 11.4. The number of aryl methyl sites for hydroxylation is 1. The zero-order chi connectivity index (χ0) is 12.7. The second-order valence-corrected chi connectivity index (χ2v) is 4.60. The zero-order valence-electron chi connectivity index (χ0n) is 11.0. The lowest BCUT2D eigenvalue weighted by molar-refractivity contribution is -0.119. The summed E-state index contributed by atoms with van der Waals surface area (Å²) in [6.07, 6.45) is 3.33. The topological polar surface area (TPSA) is 26.3 Å². The third kappa shape index (κ3) is 5.53. The zero-order valence-corrected chi connectivity index (χ0v) is 11.0. The number of hydrogen-bond acceptors (Lipinski definition) is 2. The standard InChI is InChI=1S/C15H22O2/c1-4-5-14(16)9-6-13-7-10-15(11-8-13)17-12(2)3/h7-8,10-12H,4-6,9H2,1-3H3. The van der Waals surface area contributed by atoms with Crippen molar-refractivity contribution in [3.8, 4) is 5.75 Å². The Morgan fingerprint density at radius 1 is 1.18 bits per heavy atom. The molecule has 0 aliphatic carbocycles. The molecule has 0 heterocycles. The molecule has 2 nitrogen and oxygen atoms in total. The van der Waals surface area contributed by atoms with Crippen molar-refractivity contribution in [2.24, 2.45) is 0 Å². The number of benzene rings is 1. The van der Waals surface area contributed by atoms with E-state index in [1.165, 1.54) is 5.56 Å². The largest absolute Gasteiger partial charge is 0.491 e. The number of carbonyl (C=O) groups excluding carboxylic acids is 1. The third-order valence-corrected chi connectivity index (χ3v) is 2.52. The number of Topliss-reactive ketones (excluding diaryl/α,β-unsaturated/α-hetero) is 1. The van der Waals surface area contributed by atoms with E-state index in [0.717, 1.165) is 18.6 Å². The van der Waals surface area contributed by atoms with Gasteiger partial charge in [0, 0.05) is 12.8 Å². The average Bonchev–Trinajstić information content (AvgIpc) is 2.28. The van der Waals surface area contributed by atoms with Crippen molar-refractivity contribution in [2.45, 2.75) is 52.6 Å². The highest BCUT2D eigenvalue weighted by atomic mass is 16.5. The number of ether oxygens (including phenoxy) is 1. The third-order valence-electron chi connectivity index (χ3n) is 2.52. The van der Waals surface area contributed by atoms with Gasteiger partial charge in [-0.15, -0.1) is 0 Å². The maximum absolute atomic E-state index is 11.4. The van der Waals surface area contributed by atoms with Crippen molar-refractivity contribution in [2.75, 3.05) is 0 Å². The Bertz CT molecular complexity index is 338. The predicted molar refractivity (Wildman–Crippen MR) is 70.4 cm³/mol. The highest BCUT2D eigenvalue weighted by Crippen LogP contribution is 2.15. The minimum absolute atomic E-state index is 0.201. The van der Waals surface area contributed by atoms with Gasteiger partial charge in [0.2, 0.25) is 0 Å². The van der Waals surface area contributed by atoms with Crippen molar-refractivity contribution >= 4 is 5.78 Å². The molecule has 1 aromatic carbocycles. The monoisotopic (exact) mass is 234 g/mol. The van der Waals surface area contributed by atoms with Gasteiger partial charge in [0.05, 0.1) is 6.10 Å².